The average Bonchev–Trinajstić information content (AvgIpc) is 2.75. The number of nitrogens with zero attached hydrogens (tertiary/aromatic N) is 1. The van der Waals surface area contributed by atoms with E-state index >= 15 is 0 Å². The van der Waals surface area contributed by atoms with Crippen LogP contribution in [0.25, 0.3) is 0 Å². The lowest BCUT2D eigenvalue weighted by atomic mass is 10.2. The summed E-state index contributed by atoms with van der Waals surface area (Å²) in [6.07, 6.45) is 2.02. The molecule has 1 heterocycles. The highest BCUT2D eigenvalue weighted by atomic mass is 32.2. The van der Waals surface area contributed by atoms with Crippen LogP contribution in [0.2, 0.25) is 0 Å². The third-order valence-electron chi connectivity index (χ3n) is 2.59. The number of nitrogen functional groups attached to an aromatic ring is 1. The van der Waals surface area contributed by atoms with E-state index in [-0.39, 0.29) is 35.6 Å². The van der Waals surface area contributed by atoms with Crippen molar-refractivity contribution in [3.63, 3.8) is 0 Å². The molecule has 0 aliphatic carbocycles. The molecule has 1 amide bonds. The summed E-state index contributed by atoms with van der Waals surface area (Å²) in [5.74, 6) is -0.228. The molecule has 5 N–H and O–H groups in total. The molecule has 9 heteroatoms. The number of aromatic nitrogens is 2. The molecule has 108 valence electrons. The topological polar surface area (TPSA) is 130 Å². The van der Waals surface area contributed by atoms with Gasteiger partial charge in [0.25, 0.3) is 0 Å². The molecule has 0 aliphatic rings. The number of rotatable bonds is 7. The van der Waals surface area contributed by atoms with Gasteiger partial charge in [0.1, 0.15) is 10.7 Å². The summed E-state index contributed by atoms with van der Waals surface area (Å²) in [5.41, 5.74) is 5.43. The van der Waals surface area contributed by atoms with E-state index in [0.29, 0.717) is 0 Å². The zero-order chi connectivity index (χ0) is 14.5. The van der Waals surface area contributed by atoms with Crippen LogP contribution in [0, 0.1) is 0 Å². The number of carbonyl (C=O) groups excluding carboxylic acids is 1. The van der Waals surface area contributed by atoms with E-state index in [1.807, 2.05) is 13.8 Å². The highest BCUT2D eigenvalue weighted by molar-refractivity contribution is 7.89. The average molecular weight is 289 g/mol. The monoisotopic (exact) mass is 289 g/mol. The van der Waals surface area contributed by atoms with E-state index in [4.69, 9.17) is 5.73 Å². The molecule has 0 fully saturated rings. The van der Waals surface area contributed by atoms with Gasteiger partial charge in [0.15, 0.2) is 0 Å². The lowest BCUT2D eigenvalue weighted by Gasteiger charge is -2.11. The number of hydrogen-bond donors (Lipinski definition) is 4. The number of carbonyl (C=O) groups is 1. The summed E-state index contributed by atoms with van der Waals surface area (Å²) in [6.45, 7) is 3.85. The Hall–Kier alpha value is -1.61. The van der Waals surface area contributed by atoms with Crippen LogP contribution >= 0.6 is 0 Å². The van der Waals surface area contributed by atoms with E-state index < -0.39 is 10.0 Å². The highest BCUT2D eigenvalue weighted by Gasteiger charge is 2.19. The van der Waals surface area contributed by atoms with Gasteiger partial charge >= 0.3 is 0 Å². The number of nitrogens with two attached hydrogens (primary N) is 1. The third kappa shape index (κ3) is 4.52. The van der Waals surface area contributed by atoms with Gasteiger partial charge in [-0.2, -0.15) is 5.10 Å². The lowest BCUT2D eigenvalue weighted by molar-refractivity contribution is -0.121. The van der Waals surface area contributed by atoms with Crippen LogP contribution < -0.4 is 15.8 Å². The fourth-order valence-electron chi connectivity index (χ4n) is 1.32. The summed E-state index contributed by atoms with van der Waals surface area (Å²) < 4.78 is 25.9. The molecule has 1 rings (SSSR count). The van der Waals surface area contributed by atoms with Crippen molar-refractivity contribution in [1.82, 2.24) is 20.2 Å². The molecular weight excluding hydrogens is 270 g/mol. The second kappa shape index (κ2) is 6.53. The molecule has 8 nitrogen and oxygen atoms in total. The molecule has 0 aromatic carbocycles. The smallest absolute Gasteiger partial charge is 0.245 e. The van der Waals surface area contributed by atoms with Crippen LogP contribution in [0.4, 0.5) is 5.82 Å². The van der Waals surface area contributed by atoms with Gasteiger partial charge in [0, 0.05) is 19.0 Å². The van der Waals surface area contributed by atoms with Crippen LogP contribution in [0.3, 0.4) is 0 Å². The number of aromatic amines is 1. The molecule has 0 aliphatic heterocycles. The molecule has 0 radical (unpaired) electrons. The maximum Gasteiger partial charge on any atom is 0.245 e. The molecule has 1 atom stereocenters. The van der Waals surface area contributed by atoms with Gasteiger partial charge in [-0.15, -0.1) is 0 Å². The number of H-pyrrole nitrogens is 1. The maximum absolute atomic E-state index is 11.8. The Morgan fingerprint density at radius 3 is 2.79 bits per heavy atom. The molecule has 1 unspecified atom stereocenters. The summed E-state index contributed by atoms with van der Waals surface area (Å²) in [4.78, 5) is 11.3. The second-order valence-electron chi connectivity index (χ2n) is 4.17. The first-order valence-electron chi connectivity index (χ1n) is 5.94. The van der Waals surface area contributed by atoms with Crippen molar-refractivity contribution in [2.75, 3.05) is 12.3 Å². The number of amides is 1. The number of anilines is 1. The predicted octanol–water partition coefficient (Wildman–Crippen LogP) is -0.425. The zero-order valence-corrected chi connectivity index (χ0v) is 11.8. The first-order valence-corrected chi connectivity index (χ1v) is 7.43. The Morgan fingerprint density at radius 1 is 1.58 bits per heavy atom. The molecule has 0 saturated carbocycles. The molecule has 1 aromatic heterocycles. The molecule has 0 saturated heterocycles. The van der Waals surface area contributed by atoms with E-state index in [9.17, 15) is 13.2 Å². The minimum absolute atomic E-state index is 0.00915. The van der Waals surface area contributed by atoms with Crippen LogP contribution in [-0.4, -0.2) is 37.1 Å². The number of hydrogen-bond acceptors (Lipinski definition) is 5. The van der Waals surface area contributed by atoms with Crippen molar-refractivity contribution in [1.29, 1.82) is 0 Å². The maximum atomic E-state index is 11.8. The Kier molecular flexibility index (Phi) is 5.31. The van der Waals surface area contributed by atoms with Gasteiger partial charge in [0.05, 0.1) is 6.20 Å². The summed E-state index contributed by atoms with van der Waals surface area (Å²) in [5, 5.41) is 8.62. The van der Waals surface area contributed by atoms with E-state index in [1.165, 1.54) is 0 Å². The van der Waals surface area contributed by atoms with Crippen molar-refractivity contribution in [3.05, 3.63) is 6.20 Å². The quantitative estimate of drug-likeness (QED) is 0.541. The molecule has 0 spiro atoms. The van der Waals surface area contributed by atoms with Crippen LogP contribution in [0.15, 0.2) is 11.1 Å². The van der Waals surface area contributed by atoms with Gasteiger partial charge in [-0.1, -0.05) is 6.92 Å². The molecular formula is C10H19N5O3S. The van der Waals surface area contributed by atoms with Crippen molar-refractivity contribution >= 4 is 21.7 Å². The summed E-state index contributed by atoms with van der Waals surface area (Å²) in [6, 6.07) is 0.0774. The van der Waals surface area contributed by atoms with Crippen molar-refractivity contribution in [3.8, 4) is 0 Å². The Labute approximate surface area is 112 Å². The van der Waals surface area contributed by atoms with Crippen LogP contribution in [0.1, 0.15) is 26.7 Å². The first kappa shape index (κ1) is 15.4. The highest BCUT2D eigenvalue weighted by Crippen LogP contribution is 2.13. The fraction of sp³-hybridized carbons (Fsp3) is 0.600. The summed E-state index contributed by atoms with van der Waals surface area (Å²) >= 11 is 0. The van der Waals surface area contributed by atoms with Crippen molar-refractivity contribution < 1.29 is 13.2 Å². The SMILES string of the molecule is CCC(C)NC(=O)CCNS(=O)(=O)c1cn[nH]c1N. The fourth-order valence-corrected chi connectivity index (χ4v) is 2.38. The molecule has 19 heavy (non-hydrogen) atoms. The minimum atomic E-state index is -3.73. The van der Waals surface area contributed by atoms with Crippen LogP contribution in [-0.2, 0) is 14.8 Å². The van der Waals surface area contributed by atoms with Gasteiger partial charge in [-0.05, 0) is 13.3 Å². The second-order valence-corrected chi connectivity index (χ2v) is 5.91. The lowest BCUT2D eigenvalue weighted by Crippen LogP contribution is -2.35. The third-order valence-corrected chi connectivity index (χ3v) is 4.07. The number of nitrogens with one attached hydrogen (secondary N) is 3. The van der Waals surface area contributed by atoms with Gasteiger partial charge in [0.2, 0.25) is 15.9 Å². The van der Waals surface area contributed by atoms with Crippen molar-refractivity contribution in [2.24, 2.45) is 0 Å². The Bertz CT molecular complexity index is 525. The zero-order valence-electron chi connectivity index (χ0n) is 10.9. The Balaban J connectivity index is 2.45. The van der Waals surface area contributed by atoms with Gasteiger partial charge in [-0.25, -0.2) is 13.1 Å². The Morgan fingerprint density at radius 2 is 2.26 bits per heavy atom. The van der Waals surface area contributed by atoms with E-state index in [1.54, 1.807) is 0 Å². The first-order chi connectivity index (χ1) is 8.86. The predicted molar refractivity (Wildman–Crippen MR) is 70.7 cm³/mol. The molecule has 0 bridgehead atoms. The van der Waals surface area contributed by atoms with Gasteiger partial charge < -0.3 is 11.1 Å². The van der Waals surface area contributed by atoms with E-state index in [2.05, 4.69) is 20.2 Å². The minimum Gasteiger partial charge on any atom is -0.383 e. The van der Waals surface area contributed by atoms with Crippen molar-refractivity contribution in [2.45, 2.75) is 37.6 Å². The summed E-state index contributed by atoms with van der Waals surface area (Å²) in [7, 11) is -3.73. The molecule has 1 aromatic rings. The van der Waals surface area contributed by atoms with Gasteiger partial charge in [-0.3, -0.25) is 9.89 Å². The van der Waals surface area contributed by atoms with Crippen LogP contribution in [0.5, 0.6) is 0 Å². The standard InChI is InChI=1S/C10H19N5O3S/c1-3-7(2)14-9(16)4-5-13-19(17,18)8-6-12-15-10(8)11/h6-7,13H,3-5H2,1-2H3,(H,14,16)(H3,11,12,15). The van der Waals surface area contributed by atoms with E-state index in [0.717, 1.165) is 12.6 Å². The number of sulfonamides is 1. The normalized spacial score (nSPS) is 13.2. The largest absolute Gasteiger partial charge is 0.383 e.